The third-order valence-corrected chi connectivity index (χ3v) is 4.13. The molecule has 0 aliphatic rings. The maximum Gasteiger partial charge on any atom is 0.353 e. The molecule has 0 saturated carbocycles. The SMILES string of the molecule is O=[N+]([O-])c1c(NCCCn2ccnc2)ncnc1Nc1ccc(Br)cc1F. The van der Waals surface area contributed by atoms with Gasteiger partial charge in [0.05, 0.1) is 16.9 Å². The molecule has 0 amide bonds. The third-order valence-electron chi connectivity index (χ3n) is 3.63. The van der Waals surface area contributed by atoms with Crippen LogP contribution in [-0.4, -0.2) is 31.0 Å². The van der Waals surface area contributed by atoms with E-state index in [1.165, 1.54) is 18.5 Å². The second-order valence-corrected chi connectivity index (χ2v) is 6.42. The summed E-state index contributed by atoms with van der Waals surface area (Å²) in [5, 5.41) is 17.1. The second-order valence-electron chi connectivity index (χ2n) is 5.51. The van der Waals surface area contributed by atoms with Crippen molar-refractivity contribution in [2.24, 2.45) is 0 Å². The lowest BCUT2D eigenvalue weighted by Gasteiger charge is -2.11. The molecule has 27 heavy (non-hydrogen) atoms. The summed E-state index contributed by atoms with van der Waals surface area (Å²) >= 11 is 3.16. The van der Waals surface area contributed by atoms with Crippen molar-refractivity contribution < 1.29 is 9.31 Å². The quantitative estimate of drug-likeness (QED) is 0.315. The zero-order valence-electron chi connectivity index (χ0n) is 14.0. The van der Waals surface area contributed by atoms with Gasteiger partial charge in [-0.15, -0.1) is 0 Å². The van der Waals surface area contributed by atoms with Gasteiger partial charge in [0.15, 0.2) is 0 Å². The Morgan fingerprint density at radius 1 is 1.30 bits per heavy atom. The number of aryl methyl sites for hydroxylation is 1. The van der Waals surface area contributed by atoms with Crippen LogP contribution in [0.5, 0.6) is 0 Å². The minimum atomic E-state index is -0.600. The number of nitrogens with zero attached hydrogens (tertiary/aromatic N) is 5. The van der Waals surface area contributed by atoms with Gasteiger partial charge in [-0.2, -0.15) is 0 Å². The van der Waals surface area contributed by atoms with Crippen molar-refractivity contribution in [1.82, 2.24) is 19.5 Å². The number of benzene rings is 1. The topological polar surface area (TPSA) is 111 Å². The molecular formula is C16H15BrFN7O2. The molecule has 0 bridgehead atoms. The first-order valence-electron chi connectivity index (χ1n) is 7.95. The van der Waals surface area contributed by atoms with Crippen LogP contribution in [0.25, 0.3) is 0 Å². The highest BCUT2D eigenvalue weighted by molar-refractivity contribution is 9.10. The molecule has 11 heteroatoms. The molecule has 0 fully saturated rings. The number of halogens is 2. The van der Waals surface area contributed by atoms with Crippen molar-refractivity contribution in [3.8, 4) is 0 Å². The average molecular weight is 436 g/mol. The Hall–Kier alpha value is -3.08. The second kappa shape index (κ2) is 8.54. The van der Waals surface area contributed by atoms with E-state index < -0.39 is 10.7 Å². The number of aromatic nitrogens is 4. The standard InChI is InChI=1S/C16H15BrFN7O2/c17-11-2-3-13(12(18)8-11)23-16-14(25(26)27)15(21-9-22-16)20-4-1-6-24-7-5-19-10-24/h2-3,5,7-10H,1,4,6H2,(H2,20,21,22,23). The van der Waals surface area contributed by atoms with Crippen LogP contribution in [0.1, 0.15) is 6.42 Å². The lowest BCUT2D eigenvalue weighted by molar-refractivity contribution is -0.383. The molecule has 2 aromatic heterocycles. The van der Waals surface area contributed by atoms with Crippen molar-refractivity contribution in [1.29, 1.82) is 0 Å². The van der Waals surface area contributed by atoms with Gasteiger partial charge in [-0.25, -0.2) is 19.3 Å². The highest BCUT2D eigenvalue weighted by atomic mass is 79.9. The van der Waals surface area contributed by atoms with Gasteiger partial charge in [0.2, 0.25) is 11.6 Å². The van der Waals surface area contributed by atoms with Crippen molar-refractivity contribution in [2.45, 2.75) is 13.0 Å². The maximum absolute atomic E-state index is 14.0. The first-order valence-corrected chi connectivity index (χ1v) is 8.75. The summed E-state index contributed by atoms with van der Waals surface area (Å²) in [6.07, 6.45) is 7.11. The molecule has 140 valence electrons. The summed E-state index contributed by atoms with van der Waals surface area (Å²) in [6.45, 7) is 1.17. The van der Waals surface area contributed by atoms with E-state index in [9.17, 15) is 14.5 Å². The molecule has 0 atom stereocenters. The zero-order chi connectivity index (χ0) is 19.2. The van der Waals surface area contributed by atoms with Crippen LogP contribution in [0, 0.1) is 15.9 Å². The van der Waals surface area contributed by atoms with Crippen LogP contribution in [0.3, 0.4) is 0 Å². The fraction of sp³-hybridized carbons (Fsp3) is 0.188. The molecule has 0 spiro atoms. The van der Waals surface area contributed by atoms with E-state index in [0.717, 1.165) is 0 Å². The van der Waals surface area contributed by atoms with Crippen LogP contribution < -0.4 is 10.6 Å². The number of hydrogen-bond donors (Lipinski definition) is 2. The summed E-state index contributed by atoms with van der Waals surface area (Å²) in [5.74, 6) is -0.582. The van der Waals surface area contributed by atoms with E-state index in [1.807, 2.05) is 10.8 Å². The first-order chi connectivity index (χ1) is 13.0. The van der Waals surface area contributed by atoms with Gasteiger partial charge in [-0.05, 0) is 24.6 Å². The summed E-state index contributed by atoms with van der Waals surface area (Å²) < 4.78 is 16.5. The summed E-state index contributed by atoms with van der Waals surface area (Å²) in [5.41, 5.74) is -0.270. The molecule has 3 aromatic rings. The van der Waals surface area contributed by atoms with Gasteiger partial charge in [0, 0.05) is 30.0 Å². The van der Waals surface area contributed by atoms with Gasteiger partial charge in [-0.1, -0.05) is 15.9 Å². The fourth-order valence-electron chi connectivity index (χ4n) is 2.38. The summed E-state index contributed by atoms with van der Waals surface area (Å²) in [7, 11) is 0. The predicted molar refractivity (Wildman–Crippen MR) is 101 cm³/mol. The zero-order valence-corrected chi connectivity index (χ0v) is 15.6. The molecule has 0 unspecified atom stereocenters. The van der Waals surface area contributed by atoms with Crippen LogP contribution in [0.15, 0.2) is 47.7 Å². The van der Waals surface area contributed by atoms with Crippen LogP contribution in [0.4, 0.5) is 27.4 Å². The third kappa shape index (κ3) is 4.76. The highest BCUT2D eigenvalue weighted by Gasteiger charge is 2.23. The van der Waals surface area contributed by atoms with Gasteiger partial charge in [0.25, 0.3) is 0 Å². The van der Waals surface area contributed by atoms with E-state index in [-0.39, 0.29) is 23.0 Å². The molecule has 3 rings (SSSR count). The average Bonchev–Trinajstić information content (AvgIpc) is 3.14. The van der Waals surface area contributed by atoms with Crippen molar-refractivity contribution in [2.75, 3.05) is 17.2 Å². The van der Waals surface area contributed by atoms with E-state index in [0.29, 0.717) is 24.0 Å². The van der Waals surface area contributed by atoms with Crippen molar-refractivity contribution in [3.05, 3.63) is 63.7 Å². The molecule has 0 saturated heterocycles. The Kier molecular flexibility index (Phi) is 5.91. The Bertz CT molecular complexity index is 937. The minimum absolute atomic E-state index is 0.0700. The molecule has 1 aromatic carbocycles. The van der Waals surface area contributed by atoms with Gasteiger partial charge in [-0.3, -0.25) is 10.1 Å². The Morgan fingerprint density at radius 2 is 2.11 bits per heavy atom. The fourth-order valence-corrected chi connectivity index (χ4v) is 2.71. The van der Waals surface area contributed by atoms with E-state index in [4.69, 9.17) is 0 Å². The van der Waals surface area contributed by atoms with Crippen molar-refractivity contribution in [3.63, 3.8) is 0 Å². The van der Waals surface area contributed by atoms with Crippen molar-refractivity contribution >= 4 is 38.9 Å². The molecular weight excluding hydrogens is 421 g/mol. The Morgan fingerprint density at radius 3 is 2.81 bits per heavy atom. The van der Waals surface area contributed by atoms with Crippen LogP contribution in [-0.2, 0) is 6.54 Å². The Labute approximate surface area is 162 Å². The lowest BCUT2D eigenvalue weighted by atomic mass is 10.3. The molecule has 0 aliphatic heterocycles. The smallest absolute Gasteiger partial charge is 0.353 e. The summed E-state index contributed by atoms with van der Waals surface area (Å²) in [4.78, 5) is 22.7. The molecule has 9 nitrogen and oxygen atoms in total. The van der Waals surface area contributed by atoms with Crippen LogP contribution in [0.2, 0.25) is 0 Å². The molecule has 2 N–H and O–H groups in total. The highest BCUT2D eigenvalue weighted by Crippen LogP contribution is 2.32. The van der Waals surface area contributed by atoms with E-state index >= 15 is 0 Å². The minimum Gasteiger partial charge on any atom is -0.364 e. The molecule has 0 radical (unpaired) electrons. The largest absolute Gasteiger partial charge is 0.364 e. The predicted octanol–water partition coefficient (Wildman–Crippen LogP) is 3.73. The van der Waals surface area contributed by atoms with Gasteiger partial charge in [0.1, 0.15) is 12.1 Å². The monoisotopic (exact) mass is 435 g/mol. The Balaban J connectivity index is 1.74. The number of hydrogen-bond acceptors (Lipinski definition) is 7. The number of nitro groups is 1. The van der Waals surface area contributed by atoms with E-state index in [2.05, 4.69) is 41.5 Å². The number of rotatable bonds is 8. The first kappa shape index (κ1) is 18.7. The normalized spacial score (nSPS) is 10.6. The van der Waals surface area contributed by atoms with Gasteiger partial charge >= 0.3 is 5.69 Å². The number of anilines is 3. The molecule has 2 heterocycles. The maximum atomic E-state index is 14.0. The summed E-state index contributed by atoms with van der Waals surface area (Å²) in [6, 6.07) is 4.34. The van der Waals surface area contributed by atoms with Crippen LogP contribution >= 0.6 is 15.9 Å². The van der Waals surface area contributed by atoms with Gasteiger partial charge < -0.3 is 15.2 Å². The number of nitrogens with one attached hydrogen (secondary N) is 2. The molecule has 0 aliphatic carbocycles. The number of imidazole rings is 1. The van der Waals surface area contributed by atoms with E-state index in [1.54, 1.807) is 18.6 Å². The lowest BCUT2D eigenvalue weighted by Crippen LogP contribution is -2.11.